The molecule has 0 fully saturated rings. The fourth-order valence-electron chi connectivity index (χ4n) is 2.97. The third kappa shape index (κ3) is 4.69. The number of amides is 2. The second-order valence-electron chi connectivity index (χ2n) is 6.58. The number of nitrogens with zero attached hydrogens (tertiary/aromatic N) is 2. The zero-order valence-electron chi connectivity index (χ0n) is 15.1. The average Bonchev–Trinajstić information content (AvgIpc) is 3.12. The zero-order valence-corrected chi connectivity index (χ0v) is 15.1. The van der Waals surface area contributed by atoms with Crippen molar-refractivity contribution in [3.8, 4) is 0 Å². The van der Waals surface area contributed by atoms with Crippen LogP contribution in [0.15, 0.2) is 48.8 Å². The summed E-state index contributed by atoms with van der Waals surface area (Å²) < 4.78 is 1.64. The van der Waals surface area contributed by atoms with Gasteiger partial charge in [0.15, 0.2) is 5.82 Å². The van der Waals surface area contributed by atoms with Crippen molar-refractivity contribution < 1.29 is 14.4 Å². The molecule has 140 valence electrons. The first-order valence-corrected chi connectivity index (χ1v) is 8.91. The highest BCUT2D eigenvalue weighted by Crippen LogP contribution is 2.17. The molecule has 2 N–H and O–H groups in total. The molecule has 2 aromatic rings. The number of aromatic nitrogens is 2. The summed E-state index contributed by atoms with van der Waals surface area (Å²) in [5.41, 5.74) is 0.907. The molecule has 7 nitrogen and oxygen atoms in total. The highest BCUT2D eigenvalue weighted by atomic mass is 16.2. The van der Waals surface area contributed by atoms with Crippen molar-refractivity contribution in [2.75, 3.05) is 11.9 Å². The summed E-state index contributed by atoms with van der Waals surface area (Å²) in [4.78, 5) is 40.4. The van der Waals surface area contributed by atoms with E-state index in [-0.39, 0.29) is 5.78 Å². The van der Waals surface area contributed by atoms with E-state index in [0.29, 0.717) is 29.5 Å². The summed E-state index contributed by atoms with van der Waals surface area (Å²) in [6.07, 6.45) is 10.4. The van der Waals surface area contributed by atoms with Gasteiger partial charge in [0, 0.05) is 37.2 Å². The minimum Gasteiger partial charge on any atom is -0.348 e. The van der Waals surface area contributed by atoms with E-state index in [0.717, 1.165) is 19.3 Å². The van der Waals surface area contributed by atoms with Crippen LogP contribution in [0, 0.1) is 5.92 Å². The Morgan fingerprint density at radius 2 is 1.93 bits per heavy atom. The van der Waals surface area contributed by atoms with Gasteiger partial charge in [0.2, 0.25) is 5.78 Å². The number of hydrogen-bond acceptors (Lipinski definition) is 4. The predicted octanol–water partition coefficient (Wildman–Crippen LogP) is 2.06. The third-order valence-electron chi connectivity index (χ3n) is 4.56. The van der Waals surface area contributed by atoms with Crippen LogP contribution in [0.2, 0.25) is 0 Å². The molecule has 0 saturated carbocycles. The molecule has 0 radical (unpaired) electrons. The number of rotatable bonds is 5. The highest BCUT2D eigenvalue weighted by molar-refractivity contribution is 6.39. The molecule has 0 spiro atoms. The Labute approximate surface area is 157 Å². The van der Waals surface area contributed by atoms with E-state index >= 15 is 0 Å². The second kappa shape index (κ2) is 8.44. The van der Waals surface area contributed by atoms with Crippen molar-refractivity contribution in [2.24, 2.45) is 13.0 Å². The van der Waals surface area contributed by atoms with Crippen molar-refractivity contribution in [1.82, 2.24) is 14.9 Å². The van der Waals surface area contributed by atoms with Crippen LogP contribution in [0.5, 0.6) is 0 Å². The lowest BCUT2D eigenvalue weighted by molar-refractivity contribution is -0.136. The monoisotopic (exact) mass is 366 g/mol. The minimum atomic E-state index is -0.718. The molecule has 2 amide bonds. The maximum atomic E-state index is 12.4. The van der Waals surface area contributed by atoms with Crippen molar-refractivity contribution >= 4 is 23.3 Å². The lowest BCUT2D eigenvalue weighted by atomic mass is 9.94. The minimum absolute atomic E-state index is 0.209. The summed E-state index contributed by atoms with van der Waals surface area (Å²) in [6.45, 7) is 0.494. The van der Waals surface area contributed by atoms with Gasteiger partial charge in [-0.3, -0.25) is 14.4 Å². The van der Waals surface area contributed by atoms with Gasteiger partial charge >= 0.3 is 11.8 Å². The van der Waals surface area contributed by atoms with E-state index in [4.69, 9.17) is 0 Å². The van der Waals surface area contributed by atoms with E-state index in [1.165, 1.54) is 0 Å². The third-order valence-corrected chi connectivity index (χ3v) is 4.56. The van der Waals surface area contributed by atoms with Gasteiger partial charge in [-0.25, -0.2) is 4.98 Å². The van der Waals surface area contributed by atoms with Gasteiger partial charge in [0.05, 0.1) is 0 Å². The number of carbonyl (C=O) groups is 3. The molecule has 7 heteroatoms. The van der Waals surface area contributed by atoms with Crippen molar-refractivity contribution in [3.05, 3.63) is 60.2 Å². The molecule has 1 aromatic carbocycles. The van der Waals surface area contributed by atoms with Crippen LogP contribution in [0.25, 0.3) is 0 Å². The number of carbonyl (C=O) groups excluding carboxylic acids is 3. The molecule has 1 unspecified atom stereocenters. The fraction of sp³-hybridized carbons (Fsp3) is 0.300. The summed E-state index contributed by atoms with van der Waals surface area (Å²) in [6, 6.07) is 6.37. The first-order chi connectivity index (χ1) is 13.0. The molecule has 0 saturated heterocycles. The Morgan fingerprint density at radius 1 is 1.15 bits per heavy atom. The van der Waals surface area contributed by atoms with Gasteiger partial charge in [-0.15, -0.1) is 0 Å². The van der Waals surface area contributed by atoms with E-state index in [1.807, 2.05) is 0 Å². The Balaban J connectivity index is 1.53. The van der Waals surface area contributed by atoms with E-state index in [1.54, 1.807) is 48.3 Å². The summed E-state index contributed by atoms with van der Waals surface area (Å²) in [5, 5.41) is 5.22. The largest absolute Gasteiger partial charge is 0.348 e. The number of anilines is 1. The van der Waals surface area contributed by atoms with Gasteiger partial charge in [0.25, 0.3) is 0 Å². The Morgan fingerprint density at radius 3 is 2.56 bits per heavy atom. The molecule has 1 aliphatic carbocycles. The quantitative estimate of drug-likeness (QED) is 0.481. The molecular weight excluding hydrogens is 344 g/mol. The molecule has 1 heterocycles. The highest BCUT2D eigenvalue weighted by Gasteiger charge is 2.17. The number of aryl methyl sites for hydroxylation is 1. The normalized spacial score (nSPS) is 16.0. The summed E-state index contributed by atoms with van der Waals surface area (Å²) in [5.74, 6) is -0.867. The standard InChI is InChI=1S/C20H22N4O3/c1-24-12-11-21-18(24)17(25)15-7-9-16(10-8-15)23-20(27)19(26)22-13-14-5-3-2-4-6-14/h2-3,7-12,14H,4-6,13H2,1H3,(H,22,26)(H,23,27). The SMILES string of the molecule is Cn1ccnc1C(=O)c1ccc(NC(=O)C(=O)NCC2CC=CCC2)cc1. The van der Waals surface area contributed by atoms with Crippen LogP contribution in [-0.4, -0.2) is 33.7 Å². The van der Waals surface area contributed by atoms with Crippen LogP contribution in [0.3, 0.4) is 0 Å². The van der Waals surface area contributed by atoms with Gasteiger partial charge in [-0.1, -0.05) is 12.2 Å². The number of nitrogens with one attached hydrogen (secondary N) is 2. The van der Waals surface area contributed by atoms with Crippen LogP contribution in [0.4, 0.5) is 5.69 Å². The van der Waals surface area contributed by atoms with Crippen LogP contribution < -0.4 is 10.6 Å². The van der Waals surface area contributed by atoms with Gasteiger partial charge < -0.3 is 15.2 Å². The fourth-order valence-corrected chi connectivity index (χ4v) is 2.97. The van der Waals surface area contributed by atoms with Gasteiger partial charge in [-0.2, -0.15) is 0 Å². The Bertz CT molecular complexity index is 868. The topological polar surface area (TPSA) is 93.1 Å². The number of imidazole rings is 1. The number of benzene rings is 1. The Hall–Kier alpha value is -3.22. The van der Waals surface area contributed by atoms with Crippen LogP contribution in [0.1, 0.15) is 35.4 Å². The van der Waals surface area contributed by atoms with Gasteiger partial charge in [-0.05, 0) is 49.4 Å². The van der Waals surface area contributed by atoms with E-state index in [2.05, 4.69) is 27.8 Å². The molecule has 3 rings (SSSR count). The molecular formula is C20H22N4O3. The maximum absolute atomic E-state index is 12.4. The van der Waals surface area contributed by atoms with E-state index in [9.17, 15) is 14.4 Å². The van der Waals surface area contributed by atoms with Crippen LogP contribution >= 0.6 is 0 Å². The summed E-state index contributed by atoms with van der Waals surface area (Å²) >= 11 is 0. The summed E-state index contributed by atoms with van der Waals surface area (Å²) in [7, 11) is 1.75. The first kappa shape index (κ1) is 18.6. The smallest absolute Gasteiger partial charge is 0.313 e. The molecule has 27 heavy (non-hydrogen) atoms. The van der Waals surface area contributed by atoms with Crippen molar-refractivity contribution in [2.45, 2.75) is 19.3 Å². The molecule has 0 bridgehead atoms. The van der Waals surface area contributed by atoms with E-state index < -0.39 is 11.8 Å². The number of hydrogen-bond donors (Lipinski definition) is 2. The molecule has 1 aliphatic rings. The molecule has 1 aromatic heterocycles. The lowest BCUT2D eigenvalue weighted by Gasteiger charge is -2.17. The lowest BCUT2D eigenvalue weighted by Crippen LogP contribution is -2.38. The average molecular weight is 366 g/mol. The first-order valence-electron chi connectivity index (χ1n) is 8.91. The number of allylic oxidation sites excluding steroid dienone is 2. The molecule has 1 atom stereocenters. The zero-order chi connectivity index (χ0) is 19.2. The van der Waals surface area contributed by atoms with Gasteiger partial charge in [0.1, 0.15) is 0 Å². The van der Waals surface area contributed by atoms with Crippen LogP contribution in [-0.2, 0) is 16.6 Å². The maximum Gasteiger partial charge on any atom is 0.313 e. The van der Waals surface area contributed by atoms with Crippen molar-refractivity contribution in [3.63, 3.8) is 0 Å². The molecule has 0 aliphatic heterocycles. The van der Waals surface area contributed by atoms with Crippen molar-refractivity contribution in [1.29, 1.82) is 0 Å². The predicted molar refractivity (Wildman–Crippen MR) is 101 cm³/mol. The Kier molecular flexibility index (Phi) is 5.80. The second-order valence-corrected chi connectivity index (χ2v) is 6.58. The number of ketones is 1.